The Morgan fingerprint density at radius 1 is 1.11 bits per heavy atom. The van der Waals surface area contributed by atoms with Crippen molar-refractivity contribution in [3.63, 3.8) is 0 Å². The van der Waals surface area contributed by atoms with Crippen molar-refractivity contribution in [1.29, 1.82) is 0 Å². The Kier molecular flexibility index (Phi) is 5.73. The molecular formula is C22H19F7N4O3S. The predicted molar refractivity (Wildman–Crippen MR) is 116 cm³/mol. The number of halogens is 7. The molecule has 37 heavy (non-hydrogen) atoms. The molecule has 1 unspecified atom stereocenters. The fraction of sp³-hybridized carbons (Fsp3) is 0.500. The van der Waals surface area contributed by atoms with E-state index in [1.807, 2.05) is 0 Å². The maximum absolute atomic E-state index is 14.6. The summed E-state index contributed by atoms with van der Waals surface area (Å²) < 4.78 is 118. The van der Waals surface area contributed by atoms with E-state index in [1.54, 1.807) is 5.32 Å². The van der Waals surface area contributed by atoms with Crippen LogP contribution >= 0.6 is 0 Å². The van der Waals surface area contributed by atoms with Crippen molar-refractivity contribution in [2.24, 2.45) is 0 Å². The summed E-state index contributed by atoms with van der Waals surface area (Å²) in [5.74, 6) is -7.35. The Bertz CT molecular complexity index is 1350. The first kappa shape index (κ1) is 25.7. The van der Waals surface area contributed by atoms with Crippen molar-refractivity contribution in [3.05, 3.63) is 41.1 Å². The van der Waals surface area contributed by atoms with Crippen LogP contribution in [0.1, 0.15) is 29.7 Å². The number of anilines is 1. The van der Waals surface area contributed by atoms with Gasteiger partial charge in [0.2, 0.25) is 5.95 Å². The van der Waals surface area contributed by atoms with Crippen molar-refractivity contribution >= 4 is 21.7 Å². The summed E-state index contributed by atoms with van der Waals surface area (Å²) in [6, 6.07) is 4.07. The van der Waals surface area contributed by atoms with Gasteiger partial charge in [0.25, 0.3) is 12.3 Å². The molecule has 2 aliphatic heterocycles. The zero-order valence-electron chi connectivity index (χ0n) is 18.8. The molecule has 1 atom stereocenters. The second-order valence-corrected chi connectivity index (χ2v) is 11.5. The molecule has 0 bridgehead atoms. The first-order valence-corrected chi connectivity index (χ1v) is 13.0. The second kappa shape index (κ2) is 8.27. The van der Waals surface area contributed by atoms with Crippen molar-refractivity contribution in [3.8, 4) is 11.3 Å². The van der Waals surface area contributed by atoms with E-state index in [-0.39, 0.29) is 47.7 Å². The molecule has 3 aliphatic rings. The first-order chi connectivity index (χ1) is 17.1. The number of fused-ring (bicyclic) bond motifs is 1. The summed E-state index contributed by atoms with van der Waals surface area (Å²) in [6.45, 7) is 0.160. The third-order valence-electron chi connectivity index (χ3n) is 6.90. The van der Waals surface area contributed by atoms with E-state index in [4.69, 9.17) is 0 Å². The van der Waals surface area contributed by atoms with Crippen molar-refractivity contribution in [1.82, 2.24) is 15.3 Å². The fourth-order valence-corrected chi connectivity index (χ4v) is 6.85. The number of amides is 1. The van der Waals surface area contributed by atoms with Gasteiger partial charge in [0, 0.05) is 24.1 Å². The average Bonchev–Trinajstić information content (AvgIpc) is 3.04. The number of carbonyl (C=O) groups excluding carboxylic acids is 1. The maximum Gasteiger partial charge on any atom is 0.471 e. The zero-order valence-corrected chi connectivity index (χ0v) is 19.6. The summed E-state index contributed by atoms with van der Waals surface area (Å²) >= 11 is 0. The highest BCUT2D eigenvalue weighted by Crippen LogP contribution is 2.45. The topological polar surface area (TPSA) is 92.3 Å². The van der Waals surface area contributed by atoms with Crippen LogP contribution in [0.3, 0.4) is 0 Å². The van der Waals surface area contributed by atoms with Crippen LogP contribution in [-0.4, -0.2) is 61.0 Å². The summed E-state index contributed by atoms with van der Waals surface area (Å²) in [6.07, 6.45) is -8.44. The maximum atomic E-state index is 14.6. The smallest absolute Gasteiger partial charge is 0.337 e. The van der Waals surface area contributed by atoms with Crippen LogP contribution in [0, 0.1) is 0 Å². The van der Waals surface area contributed by atoms with E-state index in [1.165, 1.54) is 24.3 Å². The van der Waals surface area contributed by atoms with Crippen molar-refractivity contribution < 1.29 is 43.9 Å². The minimum Gasteiger partial charge on any atom is -0.337 e. The number of sulfone groups is 1. The SMILES string of the molecule is O=C(NC1(c2ccc(-c3nc(N4CCC4C(F)F)nc4c3CCC4(F)F)cc2)CS(=O)(=O)C1)C(F)(F)F. The standard InChI is InChI=1S/C22H19F7N4O3S/c23-17(24)14-6-8-33(14)19-30-15(13-5-7-21(25,26)16(13)31-19)11-1-3-12(4-2-11)20(9-37(35,36)10-20)32-18(34)22(27,28)29/h1-4,14,17H,5-10H2,(H,32,34). The van der Waals surface area contributed by atoms with Gasteiger partial charge in [0.15, 0.2) is 9.84 Å². The van der Waals surface area contributed by atoms with Gasteiger partial charge in [0.05, 0.1) is 28.8 Å². The van der Waals surface area contributed by atoms with Crippen LogP contribution in [0.25, 0.3) is 11.3 Å². The largest absolute Gasteiger partial charge is 0.471 e. The number of alkyl halides is 7. The molecule has 3 heterocycles. The zero-order chi connectivity index (χ0) is 27.0. The second-order valence-electron chi connectivity index (χ2n) is 9.43. The number of nitrogens with zero attached hydrogens (tertiary/aromatic N) is 3. The molecule has 2 saturated heterocycles. The van der Waals surface area contributed by atoms with Gasteiger partial charge in [0.1, 0.15) is 5.69 Å². The van der Waals surface area contributed by atoms with Crippen molar-refractivity contribution in [2.75, 3.05) is 23.0 Å². The van der Waals surface area contributed by atoms with Crippen molar-refractivity contribution in [2.45, 2.75) is 49.4 Å². The Labute approximate surface area is 206 Å². The highest BCUT2D eigenvalue weighted by atomic mass is 32.2. The molecule has 15 heteroatoms. The van der Waals surface area contributed by atoms with E-state index in [0.717, 1.165) is 4.90 Å². The van der Waals surface area contributed by atoms with Gasteiger partial charge in [-0.3, -0.25) is 4.79 Å². The number of benzene rings is 1. The lowest BCUT2D eigenvalue weighted by Crippen LogP contribution is -2.64. The van der Waals surface area contributed by atoms with E-state index >= 15 is 0 Å². The molecule has 2 aromatic rings. The third-order valence-corrected chi connectivity index (χ3v) is 8.76. The lowest BCUT2D eigenvalue weighted by molar-refractivity contribution is -0.175. The summed E-state index contributed by atoms with van der Waals surface area (Å²) in [4.78, 5) is 20.9. The predicted octanol–water partition coefficient (Wildman–Crippen LogP) is 3.33. The Balaban J connectivity index is 1.53. The number of rotatable bonds is 5. The van der Waals surface area contributed by atoms with Crippen LogP contribution in [-0.2, 0) is 32.5 Å². The molecule has 7 nitrogen and oxygen atoms in total. The van der Waals surface area contributed by atoms with E-state index in [2.05, 4.69) is 9.97 Å². The van der Waals surface area contributed by atoms with Gasteiger partial charge in [-0.05, 0) is 18.4 Å². The number of hydrogen-bond donors (Lipinski definition) is 1. The Morgan fingerprint density at radius 2 is 1.76 bits per heavy atom. The summed E-state index contributed by atoms with van der Waals surface area (Å²) in [7, 11) is -3.69. The van der Waals surface area contributed by atoms with E-state index < -0.39 is 69.5 Å². The quantitative estimate of drug-likeness (QED) is 0.573. The fourth-order valence-electron chi connectivity index (χ4n) is 4.95. The molecule has 2 fully saturated rings. The van der Waals surface area contributed by atoms with Gasteiger partial charge >= 0.3 is 12.1 Å². The van der Waals surface area contributed by atoms with E-state index in [0.29, 0.717) is 0 Å². The minimum atomic E-state index is -5.23. The van der Waals surface area contributed by atoms with Crippen LogP contribution < -0.4 is 10.2 Å². The summed E-state index contributed by atoms with van der Waals surface area (Å²) in [5, 5.41) is 1.76. The highest BCUT2D eigenvalue weighted by molar-refractivity contribution is 7.93. The van der Waals surface area contributed by atoms with Crippen LogP contribution in [0.2, 0.25) is 0 Å². The normalized spacial score (nSPS) is 23.2. The van der Waals surface area contributed by atoms with E-state index in [9.17, 15) is 43.9 Å². The lowest BCUT2D eigenvalue weighted by atomic mass is 9.91. The van der Waals surface area contributed by atoms with Gasteiger partial charge in [-0.25, -0.2) is 27.2 Å². The molecule has 1 aromatic heterocycles. The highest BCUT2D eigenvalue weighted by Gasteiger charge is 2.54. The molecule has 1 N–H and O–H groups in total. The van der Waals surface area contributed by atoms with Crippen LogP contribution in [0.4, 0.5) is 36.7 Å². The van der Waals surface area contributed by atoms with Gasteiger partial charge in [-0.2, -0.15) is 22.0 Å². The monoisotopic (exact) mass is 552 g/mol. The first-order valence-electron chi connectivity index (χ1n) is 11.2. The third kappa shape index (κ3) is 4.40. The molecular weight excluding hydrogens is 533 g/mol. The Morgan fingerprint density at radius 3 is 2.27 bits per heavy atom. The van der Waals surface area contributed by atoms with Gasteiger partial charge < -0.3 is 10.2 Å². The minimum absolute atomic E-state index is 0.0678. The molecule has 5 rings (SSSR count). The number of hydrogen-bond acceptors (Lipinski definition) is 6. The van der Waals surface area contributed by atoms with Crippen LogP contribution in [0.15, 0.2) is 24.3 Å². The Hall–Kier alpha value is -2.97. The molecule has 200 valence electrons. The average molecular weight is 552 g/mol. The molecule has 0 spiro atoms. The molecule has 0 radical (unpaired) electrons. The lowest BCUT2D eigenvalue weighted by Gasteiger charge is -2.42. The molecule has 1 aliphatic carbocycles. The summed E-state index contributed by atoms with van der Waals surface area (Å²) in [5.41, 5.74) is -1.84. The van der Waals surface area contributed by atoms with Crippen LogP contribution in [0.5, 0.6) is 0 Å². The number of nitrogens with one attached hydrogen (secondary N) is 1. The number of carbonyl (C=O) groups is 1. The molecule has 1 aromatic carbocycles. The number of aromatic nitrogens is 2. The van der Waals surface area contributed by atoms with Gasteiger partial charge in [-0.1, -0.05) is 24.3 Å². The molecule has 0 saturated carbocycles. The molecule has 1 amide bonds. The van der Waals surface area contributed by atoms with Gasteiger partial charge in [-0.15, -0.1) is 0 Å².